The average molecular weight is 317 g/mol. The van der Waals surface area contributed by atoms with Crippen molar-refractivity contribution in [2.75, 3.05) is 13.1 Å². The Bertz CT molecular complexity index is 714. The molecule has 2 aromatic rings. The summed E-state index contributed by atoms with van der Waals surface area (Å²) in [6, 6.07) is 4.66. The third-order valence-corrected chi connectivity index (χ3v) is 4.34. The van der Waals surface area contributed by atoms with Crippen LogP contribution >= 0.6 is 0 Å². The molecule has 1 aliphatic rings. The van der Waals surface area contributed by atoms with Gasteiger partial charge in [0.05, 0.1) is 0 Å². The molecule has 3 rings (SSSR count). The van der Waals surface area contributed by atoms with Crippen molar-refractivity contribution in [3.8, 4) is 0 Å². The van der Waals surface area contributed by atoms with Crippen LogP contribution in [0.1, 0.15) is 40.5 Å². The molecule has 0 saturated carbocycles. The molecule has 23 heavy (non-hydrogen) atoms. The lowest BCUT2D eigenvalue weighted by molar-refractivity contribution is 0.0786. The van der Waals surface area contributed by atoms with E-state index in [9.17, 15) is 9.18 Å². The molecule has 0 bridgehead atoms. The fraction of sp³-hybridized carbons (Fsp3) is 0.471. The van der Waals surface area contributed by atoms with Crippen molar-refractivity contribution < 1.29 is 13.7 Å². The number of aryl methyl sites for hydroxylation is 3. The molecule has 1 aromatic heterocycles. The Balaban J connectivity index is 1.56. The first kappa shape index (κ1) is 15.6. The molecule has 0 spiro atoms. The van der Waals surface area contributed by atoms with Crippen molar-refractivity contribution in [2.24, 2.45) is 5.92 Å². The highest BCUT2D eigenvalue weighted by atomic mass is 19.1. The van der Waals surface area contributed by atoms with Crippen molar-refractivity contribution in [1.82, 2.24) is 15.0 Å². The van der Waals surface area contributed by atoms with Crippen molar-refractivity contribution in [1.29, 1.82) is 0 Å². The number of likely N-dealkylation sites (tertiary alicyclic amines) is 1. The largest absolute Gasteiger partial charge is 0.340 e. The second-order valence-electron chi connectivity index (χ2n) is 6.14. The summed E-state index contributed by atoms with van der Waals surface area (Å²) in [5, 5.41) is 3.89. The standard InChI is InChI=1S/C17H20FN3O2/c1-11-3-5-14(9-15(11)18)17(22)21-8-7-13(10-21)4-6-16-19-12(2)23-20-16/h3,5,9,13H,4,6-8,10H2,1-2H3. The molecule has 6 heteroatoms. The first-order valence-corrected chi connectivity index (χ1v) is 7.87. The number of benzene rings is 1. The summed E-state index contributed by atoms with van der Waals surface area (Å²) in [7, 11) is 0. The van der Waals surface area contributed by atoms with Crippen LogP contribution in [0.5, 0.6) is 0 Å². The van der Waals surface area contributed by atoms with E-state index in [-0.39, 0.29) is 11.7 Å². The van der Waals surface area contributed by atoms with E-state index < -0.39 is 0 Å². The maximum atomic E-state index is 13.6. The molecule has 1 amide bonds. The number of hydrogen-bond acceptors (Lipinski definition) is 4. The van der Waals surface area contributed by atoms with Crippen LogP contribution in [0.2, 0.25) is 0 Å². The van der Waals surface area contributed by atoms with Gasteiger partial charge in [-0.15, -0.1) is 0 Å². The lowest BCUT2D eigenvalue weighted by Gasteiger charge is -2.16. The summed E-state index contributed by atoms with van der Waals surface area (Å²) >= 11 is 0. The third kappa shape index (κ3) is 3.57. The van der Waals surface area contributed by atoms with E-state index in [2.05, 4.69) is 10.1 Å². The molecular weight excluding hydrogens is 297 g/mol. The number of halogens is 1. The van der Waals surface area contributed by atoms with Gasteiger partial charge in [0, 0.05) is 32.0 Å². The Morgan fingerprint density at radius 1 is 1.43 bits per heavy atom. The zero-order valence-corrected chi connectivity index (χ0v) is 13.4. The third-order valence-electron chi connectivity index (χ3n) is 4.34. The molecule has 0 radical (unpaired) electrons. The number of carbonyl (C=O) groups is 1. The fourth-order valence-corrected chi connectivity index (χ4v) is 2.94. The minimum absolute atomic E-state index is 0.0956. The number of hydrogen-bond donors (Lipinski definition) is 0. The van der Waals surface area contributed by atoms with E-state index in [1.165, 1.54) is 6.07 Å². The zero-order chi connectivity index (χ0) is 16.4. The minimum Gasteiger partial charge on any atom is -0.340 e. The predicted octanol–water partition coefficient (Wildman–Crippen LogP) is 2.92. The van der Waals surface area contributed by atoms with Crippen molar-refractivity contribution in [3.63, 3.8) is 0 Å². The van der Waals surface area contributed by atoms with Gasteiger partial charge in [-0.3, -0.25) is 4.79 Å². The van der Waals surface area contributed by atoms with Crippen molar-refractivity contribution >= 4 is 5.91 Å². The lowest BCUT2D eigenvalue weighted by Crippen LogP contribution is -2.28. The first-order chi connectivity index (χ1) is 11.0. The zero-order valence-electron chi connectivity index (χ0n) is 13.4. The SMILES string of the molecule is Cc1nc(CCC2CCN(C(=O)c3ccc(C)c(F)c3)C2)no1. The van der Waals surface area contributed by atoms with Crippen LogP contribution in [0.3, 0.4) is 0 Å². The van der Waals surface area contributed by atoms with Gasteiger partial charge in [-0.25, -0.2) is 4.39 Å². The number of aromatic nitrogens is 2. The van der Waals surface area contributed by atoms with Crippen LogP contribution in [-0.2, 0) is 6.42 Å². The molecule has 0 aliphatic carbocycles. The Labute approximate surface area is 134 Å². The van der Waals surface area contributed by atoms with E-state index >= 15 is 0 Å². The summed E-state index contributed by atoms with van der Waals surface area (Å²) in [6.45, 7) is 4.87. The van der Waals surface area contributed by atoms with Gasteiger partial charge in [-0.05, 0) is 43.4 Å². The molecule has 5 nitrogen and oxygen atoms in total. The van der Waals surface area contributed by atoms with Gasteiger partial charge in [0.1, 0.15) is 5.82 Å². The van der Waals surface area contributed by atoms with Crippen molar-refractivity contribution in [2.45, 2.75) is 33.1 Å². The molecule has 1 aromatic carbocycles. The minimum atomic E-state index is -0.334. The van der Waals surface area contributed by atoms with Crippen LogP contribution in [0.25, 0.3) is 0 Å². The predicted molar refractivity (Wildman–Crippen MR) is 82.5 cm³/mol. The van der Waals surface area contributed by atoms with Gasteiger partial charge < -0.3 is 9.42 Å². The van der Waals surface area contributed by atoms with E-state index in [0.717, 1.165) is 19.3 Å². The highest BCUT2D eigenvalue weighted by molar-refractivity contribution is 5.94. The van der Waals surface area contributed by atoms with Crippen LogP contribution in [0, 0.1) is 25.6 Å². The van der Waals surface area contributed by atoms with Gasteiger partial charge in [-0.1, -0.05) is 11.2 Å². The molecule has 1 aliphatic heterocycles. The summed E-state index contributed by atoms with van der Waals surface area (Å²) in [5.74, 6) is 1.28. The Morgan fingerprint density at radius 2 is 2.26 bits per heavy atom. The van der Waals surface area contributed by atoms with E-state index in [1.807, 2.05) is 0 Å². The molecule has 2 heterocycles. The second kappa shape index (κ2) is 6.48. The Hall–Kier alpha value is -2.24. The van der Waals surface area contributed by atoms with E-state index in [1.54, 1.807) is 30.9 Å². The lowest BCUT2D eigenvalue weighted by atomic mass is 10.0. The van der Waals surface area contributed by atoms with Crippen LogP contribution in [0.4, 0.5) is 4.39 Å². The highest BCUT2D eigenvalue weighted by Crippen LogP contribution is 2.23. The molecule has 1 fully saturated rings. The van der Waals surface area contributed by atoms with Gasteiger partial charge >= 0.3 is 0 Å². The smallest absolute Gasteiger partial charge is 0.253 e. The summed E-state index contributed by atoms with van der Waals surface area (Å²) in [4.78, 5) is 18.4. The monoisotopic (exact) mass is 317 g/mol. The van der Waals surface area contributed by atoms with Gasteiger partial charge in [0.25, 0.3) is 5.91 Å². The fourth-order valence-electron chi connectivity index (χ4n) is 2.94. The maximum Gasteiger partial charge on any atom is 0.253 e. The first-order valence-electron chi connectivity index (χ1n) is 7.87. The van der Waals surface area contributed by atoms with Crippen molar-refractivity contribution in [3.05, 3.63) is 46.9 Å². The summed E-state index contributed by atoms with van der Waals surface area (Å²) in [5.41, 5.74) is 0.971. The van der Waals surface area contributed by atoms with Gasteiger partial charge in [0.15, 0.2) is 5.82 Å². The quantitative estimate of drug-likeness (QED) is 0.870. The van der Waals surface area contributed by atoms with Gasteiger partial charge in [0.2, 0.25) is 5.89 Å². The average Bonchev–Trinajstić information content (AvgIpc) is 3.16. The van der Waals surface area contributed by atoms with Crippen LogP contribution < -0.4 is 0 Å². The van der Waals surface area contributed by atoms with E-state index in [4.69, 9.17) is 4.52 Å². The number of nitrogens with zero attached hydrogens (tertiary/aromatic N) is 3. The molecule has 122 valence electrons. The second-order valence-corrected chi connectivity index (χ2v) is 6.14. The topological polar surface area (TPSA) is 59.2 Å². The number of rotatable bonds is 4. The summed E-state index contributed by atoms with van der Waals surface area (Å²) < 4.78 is 18.6. The van der Waals surface area contributed by atoms with Gasteiger partial charge in [-0.2, -0.15) is 4.98 Å². The molecular formula is C17H20FN3O2. The highest BCUT2D eigenvalue weighted by Gasteiger charge is 2.27. The number of carbonyl (C=O) groups excluding carboxylic acids is 1. The van der Waals surface area contributed by atoms with Crippen LogP contribution in [-0.4, -0.2) is 34.0 Å². The molecule has 1 unspecified atom stereocenters. The normalized spacial score (nSPS) is 17.7. The molecule has 0 N–H and O–H groups in total. The van der Waals surface area contributed by atoms with E-state index in [0.29, 0.717) is 41.8 Å². The Morgan fingerprint density at radius 3 is 2.96 bits per heavy atom. The molecule has 1 saturated heterocycles. The van der Waals surface area contributed by atoms with Crippen LogP contribution in [0.15, 0.2) is 22.7 Å². The Kier molecular flexibility index (Phi) is 4.41. The number of amides is 1. The maximum absolute atomic E-state index is 13.6. The summed E-state index contributed by atoms with van der Waals surface area (Å²) in [6.07, 6.45) is 2.63. The molecule has 1 atom stereocenters.